The van der Waals surface area contributed by atoms with Gasteiger partial charge in [-0.15, -0.1) is 0 Å². The highest BCUT2D eigenvalue weighted by atomic mass is 16.6. The maximum atomic E-state index is 11.2. The number of benzene rings is 1. The van der Waals surface area contributed by atoms with E-state index in [0.29, 0.717) is 23.7 Å². The molecule has 0 radical (unpaired) electrons. The Morgan fingerprint density at radius 3 is 2.95 bits per heavy atom. The normalized spacial score (nSPS) is 18.0. The van der Waals surface area contributed by atoms with Gasteiger partial charge in [-0.25, -0.2) is 0 Å². The van der Waals surface area contributed by atoms with Gasteiger partial charge in [0.2, 0.25) is 0 Å². The molecular formula is C15H20N4O2. The molecule has 0 saturated carbocycles. The molecule has 1 aliphatic rings. The van der Waals surface area contributed by atoms with Crippen LogP contribution in [0.15, 0.2) is 18.2 Å². The van der Waals surface area contributed by atoms with Crippen molar-refractivity contribution in [2.24, 2.45) is 5.92 Å². The Kier molecular flexibility index (Phi) is 5.12. The highest BCUT2D eigenvalue weighted by Gasteiger charge is 2.22. The maximum absolute atomic E-state index is 11.2. The van der Waals surface area contributed by atoms with Gasteiger partial charge in [0, 0.05) is 19.2 Å². The van der Waals surface area contributed by atoms with Gasteiger partial charge in [0.05, 0.1) is 16.6 Å². The first-order valence-corrected chi connectivity index (χ1v) is 7.30. The first-order valence-electron chi connectivity index (χ1n) is 7.30. The number of nitrogens with zero attached hydrogens (tertiary/aromatic N) is 3. The van der Waals surface area contributed by atoms with Crippen LogP contribution in [0.3, 0.4) is 0 Å². The fourth-order valence-electron chi connectivity index (χ4n) is 2.79. The van der Waals surface area contributed by atoms with Crippen LogP contribution in [0.5, 0.6) is 0 Å². The molecule has 0 amide bonds. The van der Waals surface area contributed by atoms with Crippen molar-refractivity contribution in [3.8, 4) is 6.07 Å². The molecule has 1 aromatic carbocycles. The van der Waals surface area contributed by atoms with E-state index in [1.807, 2.05) is 11.8 Å². The molecular weight excluding hydrogens is 268 g/mol. The van der Waals surface area contributed by atoms with E-state index in [9.17, 15) is 10.1 Å². The summed E-state index contributed by atoms with van der Waals surface area (Å²) in [4.78, 5) is 12.9. The van der Waals surface area contributed by atoms with Crippen molar-refractivity contribution in [1.29, 1.82) is 5.26 Å². The van der Waals surface area contributed by atoms with E-state index in [2.05, 4.69) is 11.4 Å². The van der Waals surface area contributed by atoms with Gasteiger partial charge in [-0.05, 0) is 50.9 Å². The molecule has 1 N–H and O–H groups in total. The van der Waals surface area contributed by atoms with E-state index in [1.165, 1.54) is 12.1 Å². The lowest BCUT2D eigenvalue weighted by Gasteiger charge is -2.30. The molecule has 1 heterocycles. The van der Waals surface area contributed by atoms with E-state index < -0.39 is 0 Å². The number of nitrogens with one attached hydrogen (secondary N) is 1. The number of piperidine rings is 1. The van der Waals surface area contributed by atoms with Gasteiger partial charge in [0.25, 0.3) is 5.69 Å². The summed E-state index contributed by atoms with van der Waals surface area (Å²) in [5.41, 5.74) is 1.07. The second kappa shape index (κ2) is 7.04. The molecule has 1 aliphatic heterocycles. The van der Waals surface area contributed by atoms with Crippen molar-refractivity contribution in [3.05, 3.63) is 33.9 Å². The molecule has 6 heteroatoms. The average Bonchev–Trinajstić information content (AvgIpc) is 2.52. The smallest absolute Gasteiger partial charge is 0.292 e. The second-order valence-electron chi connectivity index (χ2n) is 5.32. The number of rotatable bonds is 5. The average molecular weight is 288 g/mol. The Morgan fingerprint density at radius 2 is 2.38 bits per heavy atom. The number of nitro groups is 1. The first kappa shape index (κ1) is 15.3. The van der Waals surface area contributed by atoms with E-state index in [4.69, 9.17) is 5.26 Å². The van der Waals surface area contributed by atoms with E-state index >= 15 is 0 Å². The minimum absolute atomic E-state index is 0.0691. The summed E-state index contributed by atoms with van der Waals surface area (Å²) < 4.78 is 0. The van der Waals surface area contributed by atoms with Crippen LogP contribution in [0, 0.1) is 27.4 Å². The second-order valence-corrected chi connectivity index (χ2v) is 5.32. The molecule has 0 aromatic heterocycles. The van der Waals surface area contributed by atoms with E-state index in [1.54, 1.807) is 6.07 Å². The van der Waals surface area contributed by atoms with Crippen LogP contribution in [0.4, 0.5) is 11.4 Å². The van der Waals surface area contributed by atoms with Crippen LogP contribution in [0.2, 0.25) is 0 Å². The molecule has 2 rings (SSSR count). The van der Waals surface area contributed by atoms with Crippen molar-refractivity contribution in [2.45, 2.75) is 19.8 Å². The number of hydrogen-bond donors (Lipinski definition) is 1. The molecule has 0 aliphatic carbocycles. The molecule has 0 bridgehead atoms. The van der Waals surface area contributed by atoms with Gasteiger partial charge in [-0.2, -0.15) is 5.26 Å². The van der Waals surface area contributed by atoms with Crippen LogP contribution in [0.1, 0.15) is 25.3 Å². The summed E-state index contributed by atoms with van der Waals surface area (Å²) in [6.07, 6.45) is 2.28. The minimum Gasteiger partial charge on any atom is -0.366 e. The standard InChI is InChI=1S/C15H20N4O2/c1-2-18(11-13-4-3-7-17-10-13)15-8-12(9-16)5-6-14(15)19(20)21/h5-6,8,13,17H,2-4,7,10-11H2,1H3. The molecule has 1 atom stereocenters. The van der Waals surface area contributed by atoms with Crippen molar-refractivity contribution in [2.75, 3.05) is 31.1 Å². The van der Waals surface area contributed by atoms with Gasteiger partial charge in [-0.1, -0.05) is 0 Å². The molecule has 21 heavy (non-hydrogen) atoms. The van der Waals surface area contributed by atoms with Gasteiger partial charge in [0.15, 0.2) is 0 Å². The van der Waals surface area contributed by atoms with Gasteiger partial charge in [0.1, 0.15) is 5.69 Å². The van der Waals surface area contributed by atoms with Crippen LogP contribution >= 0.6 is 0 Å². The molecule has 112 valence electrons. The minimum atomic E-state index is -0.377. The third-order valence-corrected chi connectivity index (χ3v) is 3.90. The predicted molar refractivity (Wildman–Crippen MR) is 81.3 cm³/mol. The molecule has 0 spiro atoms. The van der Waals surface area contributed by atoms with Crippen LogP contribution in [0.25, 0.3) is 0 Å². The zero-order valence-corrected chi connectivity index (χ0v) is 12.2. The van der Waals surface area contributed by atoms with Gasteiger partial charge >= 0.3 is 0 Å². The Hall–Kier alpha value is -2.13. The summed E-state index contributed by atoms with van der Waals surface area (Å²) in [7, 11) is 0. The molecule has 1 unspecified atom stereocenters. The Bertz CT molecular complexity index is 547. The fraction of sp³-hybridized carbons (Fsp3) is 0.533. The third-order valence-electron chi connectivity index (χ3n) is 3.90. The number of nitro benzene ring substituents is 1. The Morgan fingerprint density at radius 1 is 1.57 bits per heavy atom. The van der Waals surface area contributed by atoms with Crippen LogP contribution < -0.4 is 10.2 Å². The topological polar surface area (TPSA) is 82.2 Å². The molecule has 1 saturated heterocycles. The Labute approximate surface area is 124 Å². The zero-order chi connectivity index (χ0) is 15.2. The number of nitriles is 1. The van der Waals surface area contributed by atoms with Gasteiger partial charge in [-0.3, -0.25) is 10.1 Å². The monoisotopic (exact) mass is 288 g/mol. The highest BCUT2D eigenvalue weighted by molar-refractivity contribution is 5.66. The van der Waals surface area contributed by atoms with Crippen LogP contribution in [-0.2, 0) is 0 Å². The fourth-order valence-corrected chi connectivity index (χ4v) is 2.79. The lowest BCUT2D eigenvalue weighted by atomic mass is 9.98. The summed E-state index contributed by atoms with van der Waals surface area (Å²) in [6.45, 7) is 5.44. The van der Waals surface area contributed by atoms with Crippen molar-refractivity contribution in [1.82, 2.24) is 5.32 Å². The summed E-state index contributed by atoms with van der Waals surface area (Å²) in [5, 5.41) is 23.6. The van der Waals surface area contributed by atoms with Crippen LogP contribution in [-0.4, -0.2) is 31.1 Å². The number of hydrogen-bond acceptors (Lipinski definition) is 5. The lowest BCUT2D eigenvalue weighted by molar-refractivity contribution is -0.384. The predicted octanol–water partition coefficient (Wildman–Crippen LogP) is 2.29. The maximum Gasteiger partial charge on any atom is 0.292 e. The van der Waals surface area contributed by atoms with Gasteiger partial charge < -0.3 is 10.2 Å². The number of anilines is 1. The SMILES string of the molecule is CCN(CC1CCCNC1)c1cc(C#N)ccc1[N+](=O)[O-]. The van der Waals surface area contributed by atoms with Crippen molar-refractivity contribution < 1.29 is 4.92 Å². The third kappa shape index (κ3) is 3.70. The van der Waals surface area contributed by atoms with Crippen molar-refractivity contribution >= 4 is 11.4 Å². The summed E-state index contributed by atoms with van der Waals surface area (Å²) >= 11 is 0. The summed E-state index contributed by atoms with van der Waals surface area (Å²) in [6, 6.07) is 6.60. The quantitative estimate of drug-likeness (QED) is 0.664. The Balaban J connectivity index is 2.26. The zero-order valence-electron chi connectivity index (χ0n) is 12.2. The van der Waals surface area contributed by atoms with Crippen molar-refractivity contribution in [3.63, 3.8) is 0 Å². The van der Waals surface area contributed by atoms with E-state index in [0.717, 1.165) is 32.5 Å². The van der Waals surface area contributed by atoms with E-state index in [-0.39, 0.29) is 10.6 Å². The first-order chi connectivity index (χ1) is 10.2. The molecule has 1 fully saturated rings. The molecule has 1 aromatic rings. The lowest BCUT2D eigenvalue weighted by Crippen LogP contribution is -2.38. The largest absolute Gasteiger partial charge is 0.366 e. The highest BCUT2D eigenvalue weighted by Crippen LogP contribution is 2.30. The summed E-state index contributed by atoms with van der Waals surface area (Å²) in [5.74, 6) is 0.490. The molecule has 6 nitrogen and oxygen atoms in total.